The molecule has 0 aromatic heterocycles. The lowest BCUT2D eigenvalue weighted by Gasteiger charge is -2.09. The van der Waals surface area contributed by atoms with Crippen molar-refractivity contribution in [1.82, 2.24) is 5.32 Å². The monoisotopic (exact) mass is 317 g/mol. The standard InChI is InChI=1S/C18H20FNO3/c1-13-4-3-5-15(10-13)23-9-8-20-18(21)12-14-6-7-17(22-2)16(19)11-14/h3-7,10-11H,8-9,12H2,1-2H3,(H,20,21). The highest BCUT2D eigenvalue weighted by molar-refractivity contribution is 5.78. The molecule has 2 aromatic rings. The Bertz CT molecular complexity index is 673. The lowest BCUT2D eigenvalue weighted by Crippen LogP contribution is -2.29. The summed E-state index contributed by atoms with van der Waals surface area (Å²) in [6.07, 6.45) is 0.116. The van der Waals surface area contributed by atoms with E-state index < -0.39 is 5.82 Å². The summed E-state index contributed by atoms with van der Waals surface area (Å²) >= 11 is 0. The van der Waals surface area contributed by atoms with E-state index >= 15 is 0 Å². The van der Waals surface area contributed by atoms with E-state index in [1.807, 2.05) is 31.2 Å². The third-order valence-corrected chi connectivity index (χ3v) is 3.26. The lowest BCUT2D eigenvalue weighted by molar-refractivity contribution is -0.120. The van der Waals surface area contributed by atoms with Gasteiger partial charge >= 0.3 is 0 Å². The zero-order chi connectivity index (χ0) is 16.7. The summed E-state index contributed by atoms with van der Waals surface area (Å²) in [7, 11) is 1.40. The van der Waals surface area contributed by atoms with E-state index in [4.69, 9.17) is 9.47 Å². The van der Waals surface area contributed by atoms with Gasteiger partial charge in [0.1, 0.15) is 12.4 Å². The highest BCUT2D eigenvalue weighted by Gasteiger charge is 2.07. The van der Waals surface area contributed by atoms with Crippen molar-refractivity contribution >= 4 is 5.91 Å². The number of nitrogens with one attached hydrogen (secondary N) is 1. The molecule has 0 saturated carbocycles. The second-order valence-electron chi connectivity index (χ2n) is 5.16. The average molecular weight is 317 g/mol. The molecule has 0 aliphatic rings. The highest BCUT2D eigenvalue weighted by atomic mass is 19.1. The van der Waals surface area contributed by atoms with Crippen LogP contribution in [0.4, 0.5) is 4.39 Å². The zero-order valence-corrected chi connectivity index (χ0v) is 13.3. The van der Waals surface area contributed by atoms with Gasteiger partial charge in [0.15, 0.2) is 11.6 Å². The Labute approximate surface area is 135 Å². The normalized spacial score (nSPS) is 10.2. The third kappa shape index (κ3) is 5.29. The number of ether oxygens (including phenoxy) is 2. The maximum absolute atomic E-state index is 13.6. The van der Waals surface area contributed by atoms with E-state index in [-0.39, 0.29) is 18.1 Å². The number of rotatable bonds is 7. The number of aryl methyl sites for hydroxylation is 1. The fourth-order valence-electron chi connectivity index (χ4n) is 2.13. The smallest absolute Gasteiger partial charge is 0.224 e. The van der Waals surface area contributed by atoms with Crippen LogP contribution in [0.3, 0.4) is 0 Å². The van der Waals surface area contributed by atoms with Gasteiger partial charge in [0.05, 0.1) is 20.1 Å². The molecule has 0 unspecified atom stereocenters. The molecule has 0 spiro atoms. The van der Waals surface area contributed by atoms with Crippen molar-refractivity contribution in [2.24, 2.45) is 0 Å². The summed E-state index contributed by atoms with van der Waals surface area (Å²) in [5, 5.41) is 2.75. The van der Waals surface area contributed by atoms with Crippen LogP contribution < -0.4 is 14.8 Å². The number of hydrogen-bond acceptors (Lipinski definition) is 3. The quantitative estimate of drug-likeness (QED) is 0.799. The number of methoxy groups -OCH3 is 1. The minimum Gasteiger partial charge on any atom is -0.494 e. The zero-order valence-electron chi connectivity index (χ0n) is 13.3. The first-order chi connectivity index (χ1) is 11.1. The van der Waals surface area contributed by atoms with Crippen molar-refractivity contribution in [3.8, 4) is 11.5 Å². The summed E-state index contributed by atoms with van der Waals surface area (Å²) in [6, 6.07) is 12.2. The van der Waals surface area contributed by atoms with E-state index in [2.05, 4.69) is 5.32 Å². The van der Waals surface area contributed by atoms with E-state index in [1.54, 1.807) is 6.07 Å². The number of carbonyl (C=O) groups excluding carboxylic acids is 1. The van der Waals surface area contributed by atoms with E-state index in [9.17, 15) is 9.18 Å². The first-order valence-corrected chi connectivity index (χ1v) is 7.37. The Hall–Kier alpha value is -2.56. The van der Waals surface area contributed by atoms with Gasteiger partial charge in [-0.3, -0.25) is 4.79 Å². The summed E-state index contributed by atoms with van der Waals surface area (Å²) < 4.78 is 23.9. The molecule has 1 amide bonds. The maximum atomic E-state index is 13.6. The molecule has 4 nitrogen and oxygen atoms in total. The minimum atomic E-state index is -0.472. The summed E-state index contributed by atoms with van der Waals surface area (Å²) in [6.45, 7) is 2.76. The van der Waals surface area contributed by atoms with Crippen LogP contribution in [-0.2, 0) is 11.2 Å². The lowest BCUT2D eigenvalue weighted by atomic mass is 10.1. The first kappa shape index (κ1) is 16.8. The van der Waals surface area contributed by atoms with Gasteiger partial charge in [0.2, 0.25) is 5.91 Å². The molecule has 2 rings (SSSR count). The van der Waals surface area contributed by atoms with Crippen LogP contribution in [0.15, 0.2) is 42.5 Å². The predicted molar refractivity (Wildman–Crippen MR) is 86.3 cm³/mol. The second kappa shape index (κ2) is 8.17. The van der Waals surface area contributed by atoms with Gasteiger partial charge in [-0.05, 0) is 42.3 Å². The fourth-order valence-corrected chi connectivity index (χ4v) is 2.13. The molecule has 5 heteroatoms. The van der Waals surface area contributed by atoms with Gasteiger partial charge in [-0.1, -0.05) is 18.2 Å². The molecule has 23 heavy (non-hydrogen) atoms. The number of hydrogen-bond donors (Lipinski definition) is 1. The van der Waals surface area contributed by atoms with Gasteiger partial charge in [0.25, 0.3) is 0 Å². The predicted octanol–water partition coefficient (Wildman–Crippen LogP) is 2.88. The Morgan fingerprint density at radius 3 is 2.74 bits per heavy atom. The molecule has 0 aliphatic heterocycles. The minimum absolute atomic E-state index is 0.116. The Kier molecular flexibility index (Phi) is 5.97. The van der Waals surface area contributed by atoms with Crippen molar-refractivity contribution in [3.05, 3.63) is 59.4 Å². The van der Waals surface area contributed by atoms with Crippen molar-refractivity contribution in [1.29, 1.82) is 0 Å². The van der Waals surface area contributed by atoms with Crippen LogP contribution in [0.1, 0.15) is 11.1 Å². The van der Waals surface area contributed by atoms with Gasteiger partial charge in [-0.25, -0.2) is 4.39 Å². The molecule has 0 bridgehead atoms. The Balaban J connectivity index is 1.74. The molecule has 0 aliphatic carbocycles. The van der Waals surface area contributed by atoms with Crippen molar-refractivity contribution in [2.45, 2.75) is 13.3 Å². The van der Waals surface area contributed by atoms with Crippen LogP contribution >= 0.6 is 0 Å². The van der Waals surface area contributed by atoms with Gasteiger partial charge in [0, 0.05) is 0 Å². The topological polar surface area (TPSA) is 47.6 Å². The molecule has 0 atom stereocenters. The van der Waals surface area contributed by atoms with E-state index in [1.165, 1.54) is 19.2 Å². The van der Waals surface area contributed by atoms with Crippen molar-refractivity contribution < 1.29 is 18.7 Å². The third-order valence-electron chi connectivity index (χ3n) is 3.26. The second-order valence-corrected chi connectivity index (χ2v) is 5.16. The fraction of sp³-hybridized carbons (Fsp3) is 0.278. The van der Waals surface area contributed by atoms with E-state index in [0.717, 1.165) is 11.3 Å². The van der Waals surface area contributed by atoms with Crippen LogP contribution in [0.25, 0.3) is 0 Å². The molecule has 1 N–H and O–H groups in total. The number of amides is 1. The first-order valence-electron chi connectivity index (χ1n) is 7.37. The maximum Gasteiger partial charge on any atom is 0.224 e. The van der Waals surface area contributed by atoms with Crippen LogP contribution in [0, 0.1) is 12.7 Å². The summed E-state index contributed by atoms with van der Waals surface area (Å²) in [4.78, 5) is 11.8. The largest absolute Gasteiger partial charge is 0.494 e. The van der Waals surface area contributed by atoms with Crippen molar-refractivity contribution in [3.63, 3.8) is 0 Å². The SMILES string of the molecule is COc1ccc(CC(=O)NCCOc2cccc(C)c2)cc1F. The number of halogens is 1. The van der Waals surface area contributed by atoms with Gasteiger partial charge in [-0.2, -0.15) is 0 Å². The number of carbonyl (C=O) groups is 1. The van der Waals surface area contributed by atoms with Crippen molar-refractivity contribution in [2.75, 3.05) is 20.3 Å². The Morgan fingerprint density at radius 2 is 2.04 bits per heavy atom. The molecular weight excluding hydrogens is 297 g/mol. The molecule has 0 heterocycles. The van der Waals surface area contributed by atoms with Crippen LogP contribution in [0.2, 0.25) is 0 Å². The molecule has 122 valence electrons. The number of benzene rings is 2. The summed E-state index contributed by atoms with van der Waals surface area (Å²) in [5.41, 5.74) is 1.72. The summed E-state index contributed by atoms with van der Waals surface area (Å²) in [5.74, 6) is 0.292. The highest BCUT2D eigenvalue weighted by Crippen LogP contribution is 2.17. The molecule has 2 aromatic carbocycles. The van der Waals surface area contributed by atoms with Crippen LogP contribution in [0.5, 0.6) is 11.5 Å². The van der Waals surface area contributed by atoms with E-state index in [0.29, 0.717) is 18.7 Å². The molecule has 0 saturated heterocycles. The average Bonchev–Trinajstić information content (AvgIpc) is 2.52. The molecule has 0 fully saturated rings. The van der Waals surface area contributed by atoms with Crippen LogP contribution in [-0.4, -0.2) is 26.2 Å². The Morgan fingerprint density at radius 1 is 1.22 bits per heavy atom. The van der Waals surface area contributed by atoms with Gasteiger partial charge < -0.3 is 14.8 Å². The van der Waals surface area contributed by atoms with Gasteiger partial charge in [-0.15, -0.1) is 0 Å². The molecule has 0 radical (unpaired) electrons. The molecular formula is C18H20FNO3.